The van der Waals surface area contributed by atoms with E-state index in [2.05, 4.69) is 5.32 Å². The number of anilines is 1. The molecule has 0 atom stereocenters. The van der Waals surface area contributed by atoms with Crippen molar-refractivity contribution in [2.75, 3.05) is 12.3 Å². The molecule has 1 fully saturated rings. The van der Waals surface area contributed by atoms with E-state index >= 15 is 0 Å². The van der Waals surface area contributed by atoms with E-state index in [9.17, 15) is 9.90 Å². The van der Waals surface area contributed by atoms with Gasteiger partial charge in [-0.05, 0) is 31.0 Å². The number of aliphatic hydroxyl groups is 1. The van der Waals surface area contributed by atoms with Crippen LogP contribution < -0.4 is 11.1 Å². The van der Waals surface area contributed by atoms with Gasteiger partial charge in [-0.25, -0.2) is 0 Å². The number of rotatable bonds is 3. The molecule has 1 aliphatic carbocycles. The van der Waals surface area contributed by atoms with Gasteiger partial charge in [0, 0.05) is 22.8 Å². The molecule has 0 radical (unpaired) electrons. The Morgan fingerprint density at radius 3 is 2.67 bits per heavy atom. The summed E-state index contributed by atoms with van der Waals surface area (Å²) in [7, 11) is 0. The molecule has 98 valence electrons. The van der Waals surface area contributed by atoms with Gasteiger partial charge in [0.25, 0.3) is 5.91 Å². The normalized spacial score (nSPS) is 17.7. The minimum Gasteiger partial charge on any atom is -0.399 e. The maximum atomic E-state index is 11.9. The zero-order chi connectivity index (χ0) is 13.2. The second-order valence-corrected chi connectivity index (χ2v) is 5.32. The number of hydrogen-bond acceptors (Lipinski definition) is 3. The van der Waals surface area contributed by atoms with Gasteiger partial charge in [0.2, 0.25) is 0 Å². The first kappa shape index (κ1) is 13.2. The number of carbonyl (C=O) groups is 1. The van der Waals surface area contributed by atoms with E-state index in [0.29, 0.717) is 16.3 Å². The van der Waals surface area contributed by atoms with Crippen molar-refractivity contribution in [3.63, 3.8) is 0 Å². The first-order valence-electron chi connectivity index (χ1n) is 6.05. The summed E-state index contributed by atoms with van der Waals surface area (Å²) in [5, 5.41) is 13.3. The van der Waals surface area contributed by atoms with Crippen molar-refractivity contribution in [2.24, 2.45) is 0 Å². The molecule has 1 amide bonds. The Labute approximate surface area is 111 Å². The molecule has 18 heavy (non-hydrogen) atoms. The predicted octanol–water partition coefficient (Wildman–Crippen LogP) is 1.96. The summed E-state index contributed by atoms with van der Waals surface area (Å²) >= 11 is 5.84. The Balaban J connectivity index is 1.99. The molecular weight excluding hydrogens is 252 g/mol. The van der Waals surface area contributed by atoms with Crippen molar-refractivity contribution in [2.45, 2.75) is 31.3 Å². The van der Waals surface area contributed by atoms with Gasteiger partial charge < -0.3 is 16.2 Å². The molecule has 0 spiro atoms. The van der Waals surface area contributed by atoms with E-state index in [1.54, 1.807) is 18.2 Å². The molecule has 5 heteroatoms. The first-order valence-corrected chi connectivity index (χ1v) is 6.43. The van der Waals surface area contributed by atoms with E-state index in [0.717, 1.165) is 25.7 Å². The van der Waals surface area contributed by atoms with E-state index in [1.165, 1.54) is 0 Å². The zero-order valence-corrected chi connectivity index (χ0v) is 10.8. The van der Waals surface area contributed by atoms with Gasteiger partial charge in [-0.2, -0.15) is 0 Å². The molecule has 1 aliphatic rings. The molecule has 0 aliphatic heterocycles. The SMILES string of the molecule is Nc1cc(Cl)cc(C(=O)NCC2(O)CCCC2)c1. The lowest BCUT2D eigenvalue weighted by atomic mass is 10.0. The number of nitrogens with two attached hydrogens (primary N) is 1. The van der Waals surface area contributed by atoms with Gasteiger partial charge >= 0.3 is 0 Å². The molecular formula is C13H17ClN2O2. The molecule has 0 aromatic heterocycles. The third-order valence-electron chi connectivity index (χ3n) is 3.29. The second kappa shape index (κ2) is 5.16. The maximum absolute atomic E-state index is 11.9. The minimum absolute atomic E-state index is 0.260. The smallest absolute Gasteiger partial charge is 0.251 e. The minimum atomic E-state index is -0.750. The third-order valence-corrected chi connectivity index (χ3v) is 3.51. The number of hydrogen-bond donors (Lipinski definition) is 3. The van der Waals surface area contributed by atoms with Crippen molar-refractivity contribution >= 4 is 23.2 Å². The Morgan fingerprint density at radius 1 is 1.39 bits per heavy atom. The Morgan fingerprint density at radius 2 is 2.06 bits per heavy atom. The van der Waals surface area contributed by atoms with Crippen molar-refractivity contribution < 1.29 is 9.90 Å². The average Bonchev–Trinajstić information content (AvgIpc) is 2.72. The fraction of sp³-hybridized carbons (Fsp3) is 0.462. The Hall–Kier alpha value is -1.26. The largest absolute Gasteiger partial charge is 0.399 e. The van der Waals surface area contributed by atoms with Crippen molar-refractivity contribution in [1.82, 2.24) is 5.32 Å². The Bertz CT molecular complexity index is 436. The lowest BCUT2D eigenvalue weighted by Gasteiger charge is -2.22. The third kappa shape index (κ3) is 3.15. The van der Waals surface area contributed by atoms with Crippen LogP contribution in [0.3, 0.4) is 0 Å². The lowest BCUT2D eigenvalue weighted by molar-refractivity contribution is 0.0449. The topological polar surface area (TPSA) is 75.4 Å². The molecule has 0 saturated heterocycles. The zero-order valence-electron chi connectivity index (χ0n) is 10.1. The molecule has 4 nitrogen and oxygen atoms in total. The molecule has 0 unspecified atom stereocenters. The summed E-state index contributed by atoms with van der Waals surface area (Å²) in [5.41, 5.74) is 5.75. The monoisotopic (exact) mass is 268 g/mol. The molecule has 2 rings (SSSR count). The van der Waals surface area contributed by atoms with Crippen LogP contribution in [0, 0.1) is 0 Å². The quantitative estimate of drug-likeness (QED) is 0.734. The van der Waals surface area contributed by atoms with Crippen LogP contribution in [-0.4, -0.2) is 23.2 Å². The number of nitrogen functional groups attached to an aromatic ring is 1. The second-order valence-electron chi connectivity index (χ2n) is 4.89. The molecule has 1 aromatic carbocycles. The van der Waals surface area contributed by atoms with Crippen LogP contribution in [0.1, 0.15) is 36.0 Å². The van der Waals surface area contributed by atoms with E-state index in [1.807, 2.05) is 0 Å². The highest BCUT2D eigenvalue weighted by Crippen LogP contribution is 2.28. The highest BCUT2D eigenvalue weighted by atomic mass is 35.5. The number of carbonyl (C=O) groups excluding carboxylic acids is 1. The van der Waals surface area contributed by atoms with Gasteiger partial charge in [-0.3, -0.25) is 4.79 Å². The van der Waals surface area contributed by atoms with Crippen LogP contribution >= 0.6 is 11.6 Å². The maximum Gasteiger partial charge on any atom is 0.251 e. The number of benzene rings is 1. The van der Waals surface area contributed by atoms with Crippen LogP contribution in [0.2, 0.25) is 5.02 Å². The van der Waals surface area contributed by atoms with Gasteiger partial charge in [0.15, 0.2) is 0 Å². The number of halogens is 1. The summed E-state index contributed by atoms with van der Waals surface area (Å²) in [6, 6.07) is 4.72. The molecule has 1 aromatic rings. The van der Waals surface area contributed by atoms with E-state index < -0.39 is 5.60 Å². The van der Waals surface area contributed by atoms with Gasteiger partial charge in [0.1, 0.15) is 0 Å². The summed E-state index contributed by atoms with van der Waals surface area (Å²) in [6.45, 7) is 0.276. The molecule has 1 saturated carbocycles. The average molecular weight is 269 g/mol. The fourth-order valence-corrected chi connectivity index (χ4v) is 2.54. The summed E-state index contributed by atoms with van der Waals surface area (Å²) in [6.07, 6.45) is 3.50. The lowest BCUT2D eigenvalue weighted by Crippen LogP contribution is -2.40. The molecule has 4 N–H and O–H groups in total. The standard InChI is InChI=1S/C13H17ClN2O2/c14-10-5-9(6-11(15)7-10)12(17)16-8-13(18)3-1-2-4-13/h5-7,18H,1-4,8,15H2,(H,16,17). The van der Waals surface area contributed by atoms with E-state index in [-0.39, 0.29) is 12.5 Å². The fourth-order valence-electron chi connectivity index (χ4n) is 2.30. The van der Waals surface area contributed by atoms with Crippen LogP contribution in [-0.2, 0) is 0 Å². The summed E-state index contributed by atoms with van der Waals surface area (Å²) in [5.74, 6) is -0.260. The van der Waals surface area contributed by atoms with Crippen LogP contribution in [0.4, 0.5) is 5.69 Å². The van der Waals surface area contributed by atoms with Crippen LogP contribution in [0.25, 0.3) is 0 Å². The number of amides is 1. The van der Waals surface area contributed by atoms with Crippen molar-refractivity contribution in [3.05, 3.63) is 28.8 Å². The van der Waals surface area contributed by atoms with Crippen LogP contribution in [0.5, 0.6) is 0 Å². The van der Waals surface area contributed by atoms with Crippen molar-refractivity contribution in [3.8, 4) is 0 Å². The molecule has 0 bridgehead atoms. The Kier molecular flexibility index (Phi) is 3.78. The van der Waals surface area contributed by atoms with Crippen molar-refractivity contribution in [1.29, 1.82) is 0 Å². The highest BCUT2D eigenvalue weighted by molar-refractivity contribution is 6.31. The van der Waals surface area contributed by atoms with Gasteiger partial charge in [0.05, 0.1) is 5.60 Å². The first-order chi connectivity index (χ1) is 8.48. The summed E-state index contributed by atoms with van der Waals surface area (Å²) in [4.78, 5) is 11.9. The van der Waals surface area contributed by atoms with Crippen LogP contribution in [0.15, 0.2) is 18.2 Å². The van der Waals surface area contributed by atoms with Gasteiger partial charge in [-0.15, -0.1) is 0 Å². The highest BCUT2D eigenvalue weighted by Gasteiger charge is 2.31. The van der Waals surface area contributed by atoms with Gasteiger partial charge in [-0.1, -0.05) is 24.4 Å². The summed E-state index contributed by atoms with van der Waals surface area (Å²) < 4.78 is 0. The number of nitrogens with one attached hydrogen (secondary N) is 1. The predicted molar refractivity (Wildman–Crippen MR) is 71.6 cm³/mol. The van der Waals surface area contributed by atoms with E-state index in [4.69, 9.17) is 17.3 Å². The molecule has 0 heterocycles.